The summed E-state index contributed by atoms with van der Waals surface area (Å²) in [4.78, 5) is 13.7. The Morgan fingerprint density at radius 3 is 2.46 bits per heavy atom. The average Bonchev–Trinajstić information content (AvgIpc) is 3.10. The van der Waals surface area contributed by atoms with Crippen molar-refractivity contribution in [1.82, 2.24) is 4.90 Å². The highest BCUT2D eigenvalue weighted by atomic mass is 35.5. The predicted octanol–water partition coefficient (Wildman–Crippen LogP) is 4.09. The van der Waals surface area contributed by atoms with Gasteiger partial charge in [-0.3, -0.25) is 0 Å². The van der Waals surface area contributed by atoms with Crippen molar-refractivity contribution in [3.8, 4) is 0 Å². The first-order valence-corrected chi connectivity index (χ1v) is 8.79. The number of rotatable bonds is 5. The first-order chi connectivity index (χ1) is 11.4. The molecule has 0 radical (unpaired) electrons. The number of carbonyl (C=O) groups excluding carboxylic acids is 1. The molecule has 1 aliphatic carbocycles. The number of hydrogen-bond acceptors (Lipinski definition) is 3. The number of alkyl halides is 3. The van der Waals surface area contributed by atoms with Crippen molar-refractivity contribution >= 4 is 29.3 Å². The fraction of sp³-hybridized carbons (Fsp3) is 0.588. The second-order valence-electron chi connectivity index (χ2n) is 6.38. The van der Waals surface area contributed by atoms with Crippen molar-refractivity contribution in [2.24, 2.45) is 0 Å². The van der Waals surface area contributed by atoms with E-state index in [1.807, 2.05) is 30.3 Å². The summed E-state index contributed by atoms with van der Waals surface area (Å²) in [6.07, 6.45) is 0.984. The van der Waals surface area contributed by atoms with Crippen molar-refractivity contribution in [3.05, 3.63) is 35.9 Å². The molecular formula is C17H20Cl2FNO3. The number of ether oxygens (including phenoxy) is 2. The molecule has 1 aromatic carbocycles. The first-order valence-electron chi connectivity index (χ1n) is 8.04. The van der Waals surface area contributed by atoms with E-state index in [0.717, 1.165) is 5.56 Å². The summed E-state index contributed by atoms with van der Waals surface area (Å²) in [5.74, 6) is 0. The Balaban J connectivity index is 1.36. The normalized spacial score (nSPS) is 26.2. The van der Waals surface area contributed by atoms with E-state index in [-0.39, 0.29) is 31.8 Å². The highest BCUT2D eigenvalue weighted by Gasteiger charge is 2.68. The van der Waals surface area contributed by atoms with Crippen molar-refractivity contribution in [2.45, 2.75) is 42.0 Å². The maximum absolute atomic E-state index is 14.0. The number of halogens is 3. The van der Waals surface area contributed by atoms with Crippen LogP contribution in [-0.4, -0.2) is 46.8 Å². The lowest BCUT2D eigenvalue weighted by atomic mass is 10.1. The zero-order valence-corrected chi connectivity index (χ0v) is 14.7. The molecule has 24 heavy (non-hydrogen) atoms. The summed E-state index contributed by atoms with van der Waals surface area (Å²) in [6.45, 7) is 1.23. The maximum Gasteiger partial charge on any atom is 0.410 e. The van der Waals surface area contributed by atoms with Gasteiger partial charge in [-0.2, -0.15) is 0 Å². The summed E-state index contributed by atoms with van der Waals surface area (Å²) < 4.78 is 23.6. The Hall–Kier alpha value is -1.04. The predicted molar refractivity (Wildman–Crippen MR) is 90.1 cm³/mol. The Morgan fingerprint density at radius 2 is 1.88 bits per heavy atom. The number of nitrogens with zero attached hydrogens (tertiary/aromatic N) is 1. The Kier molecular flexibility index (Phi) is 5.23. The van der Waals surface area contributed by atoms with Gasteiger partial charge < -0.3 is 14.4 Å². The Morgan fingerprint density at radius 1 is 1.25 bits per heavy atom. The third-order valence-corrected chi connectivity index (χ3v) is 5.43. The molecule has 1 aromatic rings. The minimum atomic E-state index is -1.64. The largest absolute Gasteiger partial charge is 0.445 e. The number of hydrogen-bond donors (Lipinski definition) is 0. The van der Waals surface area contributed by atoms with E-state index in [0.29, 0.717) is 25.9 Å². The fourth-order valence-corrected chi connectivity index (χ4v) is 3.26. The maximum atomic E-state index is 14.0. The van der Waals surface area contributed by atoms with Gasteiger partial charge in [0.15, 0.2) is 10.0 Å². The lowest BCUT2D eigenvalue weighted by molar-refractivity contribution is -0.0223. The van der Waals surface area contributed by atoms with Gasteiger partial charge in [0.05, 0.1) is 12.7 Å². The van der Waals surface area contributed by atoms with Crippen LogP contribution in [-0.2, 0) is 16.1 Å². The molecule has 0 spiro atoms. The van der Waals surface area contributed by atoms with E-state index < -0.39 is 10.0 Å². The molecule has 3 rings (SSSR count). The van der Waals surface area contributed by atoms with Gasteiger partial charge in [0, 0.05) is 19.5 Å². The summed E-state index contributed by atoms with van der Waals surface area (Å²) in [6, 6.07) is 9.54. The topological polar surface area (TPSA) is 38.8 Å². The Bertz CT molecular complexity index is 578. The van der Waals surface area contributed by atoms with Gasteiger partial charge in [-0.05, 0) is 18.4 Å². The van der Waals surface area contributed by atoms with Crippen LogP contribution in [0.4, 0.5) is 9.18 Å². The Labute approximate surface area is 150 Å². The van der Waals surface area contributed by atoms with Crippen LogP contribution < -0.4 is 0 Å². The van der Waals surface area contributed by atoms with Crippen molar-refractivity contribution in [2.75, 3.05) is 19.7 Å². The molecule has 2 aliphatic rings. The molecule has 0 aromatic heterocycles. The van der Waals surface area contributed by atoms with E-state index in [9.17, 15) is 9.18 Å². The lowest BCUT2D eigenvalue weighted by Crippen LogP contribution is -2.41. The summed E-state index contributed by atoms with van der Waals surface area (Å²) in [7, 11) is 0. The minimum Gasteiger partial charge on any atom is -0.445 e. The number of amides is 1. The highest BCUT2D eigenvalue weighted by Crippen LogP contribution is 2.59. The molecule has 7 heteroatoms. The van der Waals surface area contributed by atoms with Crippen LogP contribution in [0.1, 0.15) is 24.8 Å². The van der Waals surface area contributed by atoms with Crippen LogP contribution in [0.5, 0.6) is 0 Å². The van der Waals surface area contributed by atoms with Crippen LogP contribution >= 0.6 is 23.2 Å². The average molecular weight is 376 g/mol. The van der Waals surface area contributed by atoms with E-state index >= 15 is 0 Å². The van der Waals surface area contributed by atoms with E-state index in [1.165, 1.54) is 0 Å². The molecule has 1 atom stereocenters. The number of likely N-dealkylation sites (tertiary alicyclic amines) is 1. The summed E-state index contributed by atoms with van der Waals surface area (Å²) in [5, 5.41) is 0. The highest BCUT2D eigenvalue weighted by molar-refractivity contribution is 6.52. The van der Waals surface area contributed by atoms with Gasteiger partial charge in [-0.15, -0.1) is 0 Å². The molecular weight excluding hydrogens is 356 g/mol. The van der Waals surface area contributed by atoms with Gasteiger partial charge in [-0.25, -0.2) is 9.18 Å². The molecule has 1 saturated heterocycles. The van der Waals surface area contributed by atoms with E-state index in [1.54, 1.807) is 4.90 Å². The summed E-state index contributed by atoms with van der Waals surface area (Å²) >= 11 is 11.5. The third-order valence-electron chi connectivity index (χ3n) is 4.49. The van der Waals surface area contributed by atoms with Gasteiger partial charge in [-0.1, -0.05) is 53.5 Å². The molecule has 1 amide bonds. The number of carbonyl (C=O) groups is 1. The van der Waals surface area contributed by atoms with Crippen LogP contribution in [0.25, 0.3) is 0 Å². The molecule has 1 unspecified atom stereocenters. The molecule has 132 valence electrons. The summed E-state index contributed by atoms with van der Waals surface area (Å²) in [5.41, 5.74) is -0.686. The van der Waals surface area contributed by atoms with Crippen LogP contribution in [0, 0.1) is 0 Å². The smallest absolute Gasteiger partial charge is 0.410 e. The van der Waals surface area contributed by atoms with E-state index in [4.69, 9.17) is 32.7 Å². The second kappa shape index (κ2) is 7.06. The van der Waals surface area contributed by atoms with Gasteiger partial charge >= 0.3 is 6.09 Å². The van der Waals surface area contributed by atoms with Crippen LogP contribution in [0.3, 0.4) is 0 Å². The standard InChI is InChI=1S/C17H20Cl2FNO3/c18-17(19)11-16(17,20)12-24-14-6-8-21(9-7-14)15(22)23-10-13-4-2-1-3-5-13/h1-5,14H,6-12H2. The van der Waals surface area contributed by atoms with Gasteiger partial charge in [0.25, 0.3) is 0 Å². The monoisotopic (exact) mass is 375 g/mol. The fourth-order valence-electron chi connectivity index (χ4n) is 2.73. The van der Waals surface area contributed by atoms with Crippen molar-refractivity contribution < 1.29 is 18.7 Å². The zero-order chi connectivity index (χ0) is 17.2. The third kappa shape index (κ3) is 4.13. The number of benzene rings is 1. The second-order valence-corrected chi connectivity index (χ2v) is 7.87. The van der Waals surface area contributed by atoms with Gasteiger partial charge in [0.1, 0.15) is 6.61 Å². The molecule has 1 aliphatic heterocycles. The van der Waals surface area contributed by atoms with Crippen LogP contribution in [0.2, 0.25) is 0 Å². The molecule has 1 saturated carbocycles. The quantitative estimate of drug-likeness (QED) is 0.727. The lowest BCUT2D eigenvalue weighted by Gasteiger charge is -2.31. The zero-order valence-electron chi connectivity index (χ0n) is 13.2. The van der Waals surface area contributed by atoms with E-state index in [2.05, 4.69) is 0 Å². The SMILES string of the molecule is O=C(OCc1ccccc1)N1CCC(OCC2(F)CC2(Cl)Cl)CC1. The van der Waals surface area contributed by atoms with Crippen molar-refractivity contribution in [3.63, 3.8) is 0 Å². The molecule has 0 N–H and O–H groups in total. The molecule has 1 heterocycles. The number of piperidine rings is 1. The van der Waals surface area contributed by atoms with Crippen LogP contribution in [0.15, 0.2) is 30.3 Å². The molecule has 0 bridgehead atoms. The van der Waals surface area contributed by atoms with Gasteiger partial charge in [0.2, 0.25) is 0 Å². The molecule has 4 nitrogen and oxygen atoms in total. The minimum absolute atomic E-state index is 0.0828. The van der Waals surface area contributed by atoms with Crippen molar-refractivity contribution in [1.29, 1.82) is 0 Å². The molecule has 2 fully saturated rings. The first kappa shape index (κ1) is 17.8.